The van der Waals surface area contributed by atoms with Gasteiger partial charge in [-0.05, 0) is 75.7 Å². The van der Waals surface area contributed by atoms with Crippen LogP contribution in [-0.2, 0) is 23.4 Å². The molecule has 1 aromatic rings. The minimum Gasteiger partial charge on any atom is -0.491 e. The smallest absolute Gasteiger partial charge is 0.192 e. The number of para-hydroxylation sites is 1. The van der Waals surface area contributed by atoms with Gasteiger partial charge in [0.2, 0.25) is 0 Å². The third-order valence-electron chi connectivity index (χ3n) is 9.05. The van der Waals surface area contributed by atoms with Gasteiger partial charge in [-0.3, -0.25) is 0 Å². The SMILES string of the molecule is CC(O)C#CC1C(O[Si](C)(C)C(C)(C)C)CC(OC2CCCCO2)C1C=CC(COc1ccccc1)OC1CCCCO1. The summed E-state index contributed by atoms with van der Waals surface area (Å²) < 4.78 is 38.2. The highest BCUT2D eigenvalue weighted by Gasteiger charge is 2.48. The lowest BCUT2D eigenvalue weighted by molar-refractivity contribution is -0.193. The van der Waals surface area contributed by atoms with Gasteiger partial charge in [-0.2, -0.15) is 0 Å². The van der Waals surface area contributed by atoms with Crippen LogP contribution in [0.15, 0.2) is 42.5 Å². The second-order valence-corrected chi connectivity index (χ2v) is 18.4. The zero-order valence-electron chi connectivity index (χ0n) is 27.1. The number of ether oxygens (including phenoxy) is 5. The maximum Gasteiger partial charge on any atom is 0.192 e. The lowest BCUT2D eigenvalue weighted by Gasteiger charge is -2.39. The van der Waals surface area contributed by atoms with Crippen LogP contribution in [0.1, 0.15) is 72.6 Å². The van der Waals surface area contributed by atoms with E-state index in [0.717, 1.165) is 57.3 Å². The highest BCUT2D eigenvalue weighted by Crippen LogP contribution is 2.44. The summed E-state index contributed by atoms with van der Waals surface area (Å²) in [7, 11) is -2.11. The Morgan fingerprint density at radius 3 is 2.28 bits per heavy atom. The van der Waals surface area contributed by atoms with Crippen molar-refractivity contribution in [2.75, 3.05) is 19.8 Å². The quantitative estimate of drug-likeness (QED) is 0.166. The van der Waals surface area contributed by atoms with Crippen LogP contribution in [0.2, 0.25) is 18.1 Å². The van der Waals surface area contributed by atoms with E-state index in [1.54, 1.807) is 6.92 Å². The number of hydrogen-bond donors (Lipinski definition) is 1. The molecule has 0 aromatic heterocycles. The molecule has 4 rings (SSSR count). The Hall–Kier alpha value is -1.70. The van der Waals surface area contributed by atoms with Gasteiger partial charge in [-0.25, -0.2) is 0 Å². The fraction of sp³-hybridized carbons (Fsp3) is 0.714. The van der Waals surface area contributed by atoms with Gasteiger partial charge >= 0.3 is 0 Å². The van der Waals surface area contributed by atoms with E-state index in [2.05, 4.69) is 57.9 Å². The summed E-state index contributed by atoms with van der Waals surface area (Å²) >= 11 is 0. The summed E-state index contributed by atoms with van der Waals surface area (Å²) in [4.78, 5) is 0. The second kappa shape index (κ2) is 16.0. The van der Waals surface area contributed by atoms with Crippen LogP contribution in [0.4, 0.5) is 0 Å². The van der Waals surface area contributed by atoms with E-state index in [1.165, 1.54) is 0 Å². The number of aliphatic hydroxyl groups excluding tert-OH is 1. The molecule has 1 N–H and O–H groups in total. The van der Waals surface area contributed by atoms with Crippen molar-refractivity contribution in [2.24, 2.45) is 11.8 Å². The molecule has 1 aliphatic carbocycles. The monoisotopic (exact) mass is 614 g/mol. The largest absolute Gasteiger partial charge is 0.491 e. The molecule has 240 valence electrons. The predicted octanol–water partition coefficient (Wildman–Crippen LogP) is 6.86. The Kier molecular flexibility index (Phi) is 12.7. The number of aliphatic hydroxyl groups is 1. The summed E-state index contributed by atoms with van der Waals surface area (Å²) in [6, 6.07) is 9.81. The molecule has 2 aliphatic heterocycles. The second-order valence-electron chi connectivity index (χ2n) is 13.7. The fourth-order valence-corrected chi connectivity index (χ4v) is 6.95. The average Bonchev–Trinajstić information content (AvgIpc) is 3.28. The van der Waals surface area contributed by atoms with E-state index in [1.807, 2.05) is 30.3 Å². The standard InChI is InChI=1S/C35H54O7Si/c1-26(36)18-20-30-29(21-19-28(40-33-16-10-12-22-37-33)25-39-27-14-8-7-9-15-27)31(41-34-17-11-13-23-38-34)24-32(30)42-43(5,6)35(2,3)4/h7-9,14-15,19,21,26,28-34,36H,10-13,16-17,22-25H2,1-6H3. The average molecular weight is 615 g/mol. The Balaban J connectivity index is 1.61. The summed E-state index contributed by atoms with van der Waals surface area (Å²) in [5, 5.41) is 10.2. The first-order valence-electron chi connectivity index (χ1n) is 16.3. The molecule has 1 aromatic carbocycles. The number of rotatable bonds is 11. The molecule has 0 spiro atoms. The molecule has 0 amide bonds. The number of benzene rings is 1. The van der Waals surface area contributed by atoms with Crippen LogP contribution in [0, 0.1) is 23.7 Å². The van der Waals surface area contributed by atoms with Crippen molar-refractivity contribution in [1.82, 2.24) is 0 Å². The summed E-state index contributed by atoms with van der Waals surface area (Å²) in [6.07, 6.45) is 9.30. The molecule has 1 saturated carbocycles. The van der Waals surface area contributed by atoms with Crippen LogP contribution in [-0.4, -0.2) is 70.2 Å². The Bertz CT molecular complexity index is 1050. The predicted molar refractivity (Wildman–Crippen MR) is 171 cm³/mol. The van der Waals surface area contributed by atoms with Gasteiger partial charge in [-0.15, -0.1) is 0 Å². The summed E-state index contributed by atoms with van der Waals surface area (Å²) in [5.74, 6) is 7.04. The molecular weight excluding hydrogens is 560 g/mol. The maximum atomic E-state index is 10.1. The molecular formula is C35H54O7Si. The summed E-state index contributed by atoms with van der Waals surface area (Å²) in [5.41, 5.74) is 0. The molecule has 3 aliphatic rings. The summed E-state index contributed by atoms with van der Waals surface area (Å²) in [6.45, 7) is 14.8. The molecule has 2 saturated heterocycles. The number of hydrogen-bond acceptors (Lipinski definition) is 7. The molecule has 0 bridgehead atoms. The first-order chi connectivity index (χ1) is 20.5. The zero-order valence-corrected chi connectivity index (χ0v) is 28.1. The Labute approximate surface area is 260 Å². The van der Waals surface area contributed by atoms with Crippen LogP contribution in [0.25, 0.3) is 0 Å². The van der Waals surface area contributed by atoms with Gasteiger partial charge in [0, 0.05) is 25.6 Å². The minimum absolute atomic E-state index is 0.0553. The Morgan fingerprint density at radius 2 is 1.67 bits per heavy atom. The lowest BCUT2D eigenvalue weighted by atomic mass is 9.93. The lowest BCUT2D eigenvalue weighted by Crippen LogP contribution is -2.45. The van der Waals surface area contributed by atoms with Crippen molar-refractivity contribution in [1.29, 1.82) is 0 Å². The normalized spacial score (nSPS) is 30.0. The van der Waals surface area contributed by atoms with Crippen molar-refractivity contribution in [3.05, 3.63) is 42.5 Å². The molecule has 8 unspecified atom stereocenters. The van der Waals surface area contributed by atoms with E-state index < -0.39 is 14.4 Å². The van der Waals surface area contributed by atoms with E-state index in [9.17, 15) is 5.11 Å². The van der Waals surface area contributed by atoms with Crippen LogP contribution in [0.5, 0.6) is 5.75 Å². The molecule has 3 fully saturated rings. The highest BCUT2D eigenvalue weighted by atomic mass is 28.4. The van der Waals surface area contributed by atoms with Crippen molar-refractivity contribution in [3.8, 4) is 17.6 Å². The van der Waals surface area contributed by atoms with E-state index >= 15 is 0 Å². The van der Waals surface area contributed by atoms with Gasteiger partial charge in [0.15, 0.2) is 20.9 Å². The van der Waals surface area contributed by atoms with E-state index in [-0.39, 0.29) is 47.8 Å². The topological polar surface area (TPSA) is 75.6 Å². The van der Waals surface area contributed by atoms with Gasteiger partial charge in [0.25, 0.3) is 0 Å². The molecule has 0 radical (unpaired) electrons. The van der Waals surface area contributed by atoms with E-state index in [4.69, 9.17) is 28.1 Å². The van der Waals surface area contributed by atoms with E-state index in [0.29, 0.717) is 13.2 Å². The van der Waals surface area contributed by atoms with Crippen molar-refractivity contribution >= 4 is 8.32 Å². The van der Waals surface area contributed by atoms with Crippen molar-refractivity contribution < 1.29 is 33.2 Å². The minimum atomic E-state index is -2.11. The zero-order chi connectivity index (χ0) is 30.9. The molecule has 2 heterocycles. The van der Waals surface area contributed by atoms with Crippen LogP contribution >= 0.6 is 0 Å². The highest BCUT2D eigenvalue weighted by molar-refractivity contribution is 6.74. The molecule has 8 heteroatoms. The molecule has 8 atom stereocenters. The maximum absolute atomic E-state index is 10.1. The third-order valence-corrected chi connectivity index (χ3v) is 13.6. The third kappa shape index (κ3) is 10.4. The first kappa shape index (κ1) is 34.2. The molecule has 7 nitrogen and oxygen atoms in total. The van der Waals surface area contributed by atoms with Crippen molar-refractivity contribution in [2.45, 2.75) is 128 Å². The fourth-order valence-electron chi connectivity index (χ4n) is 5.60. The van der Waals surface area contributed by atoms with Gasteiger partial charge in [0.1, 0.15) is 24.6 Å². The molecule has 43 heavy (non-hydrogen) atoms. The van der Waals surface area contributed by atoms with Crippen molar-refractivity contribution in [3.63, 3.8) is 0 Å². The van der Waals surface area contributed by atoms with Crippen LogP contribution in [0.3, 0.4) is 0 Å². The van der Waals surface area contributed by atoms with Crippen LogP contribution < -0.4 is 4.74 Å². The van der Waals surface area contributed by atoms with Gasteiger partial charge in [0.05, 0.1) is 18.1 Å². The van der Waals surface area contributed by atoms with Gasteiger partial charge < -0.3 is 33.2 Å². The van der Waals surface area contributed by atoms with Gasteiger partial charge in [-0.1, -0.05) is 63.0 Å². The first-order valence-corrected chi connectivity index (χ1v) is 19.2. The Morgan fingerprint density at radius 1 is 1.00 bits per heavy atom.